The van der Waals surface area contributed by atoms with E-state index in [9.17, 15) is 4.79 Å². The highest BCUT2D eigenvalue weighted by molar-refractivity contribution is 5.91. The number of ether oxygens (including phenoxy) is 1. The van der Waals surface area contributed by atoms with E-state index in [0.29, 0.717) is 6.54 Å². The number of amides is 1. The molecule has 0 aromatic heterocycles. The van der Waals surface area contributed by atoms with Crippen LogP contribution in [0.5, 0.6) is 5.75 Å². The molecular weight excluding hydrogens is 300 g/mol. The minimum atomic E-state index is 0.0189. The van der Waals surface area contributed by atoms with Crippen LogP contribution in [0, 0.1) is 13.8 Å². The predicted octanol–water partition coefficient (Wildman–Crippen LogP) is 2.36. The van der Waals surface area contributed by atoms with Gasteiger partial charge in [-0.3, -0.25) is 4.79 Å². The lowest BCUT2D eigenvalue weighted by Gasteiger charge is -2.19. The number of hydrogen-bond acceptors (Lipinski definition) is 2. The van der Waals surface area contributed by atoms with Gasteiger partial charge in [0.15, 0.2) is 6.54 Å². The van der Waals surface area contributed by atoms with Crippen molar-refractivity contribution in [2.24, 2.45) is 0 Å². The van der Waals surface area contributed by atoms with E-state index in [-0.39, 0.29) is 5.91 Å². The second-order valence-corrected chi connectivity index (χ2v) is 6.17. The van der Waals surface area contributed by atoms with Crippen LogP contribution in [0.25, 0.3) is 0 Å². The van der Waals surface area contributed by atoms with Crippen LogP contribution in [0.4, 0.5) is 5.69 Å². The Morgan fingerprint density at radius 2 is 1.96 bits per heavy atom. The highest BCUT2D eigenvalue weighted by Crippen LogP contribution is 2.16. The van der Waals surface area contributed by atoms with Crippen LogP contribution < -0.4 is 15.0 Å². The normalized spacial score (nSPS) is 11.8. The van der Waals surface area contributed by atoms with Gasteiger partial charge in [-0.15, -0.1) is 0 Å². The molecule has 1 amide bonds. The molecule has 0 aliphatic rings. The summed E-state index contributed by atoms with van der Waals surface area (Å²) >= 11 is 0. The minimum absolute atomic E-state index is 0.0189. The van der Waals surface area contributed by atoms with Crippen LogP contribution in [0.1, 0.15) is 23.6 Å². The summed E-state index contributed by atoms with van der Waals surface area (Å²) in [5.41, 5.74) is 4.61. The van der Waals surface area contributed by atoms with E-state index in [1.165, 1.54) is 21.6 Å². The van der Waals surface area contributed by atoms with E-state index in [1.807, 2.05) is 24.3 Å². The highest BCUT2D eigenvalue weighted by Gasteiger charge is 2.15. The Bertz CT molecular complexity index is 698. The predicted molar refractivity (Wildman–Crippen MR) is 97.6 cm³/mol. The summed E-state index contributed by atoms with van der Waals surface area (Å²) in [5.74, 6) is 0.758. The molecule has 2 N–H and O–H groups in total. The molecule has 2 aromatic carbocycles. The number of carbonyl (C=O) groups is 1. The monoisotopic (exact) mass is 327 g/mol. The van der Waals surface area contributed by atoms with Crippen molar-refractivity contribution in [3.63, 3.8) is 0 Å². The van der Waals surface area contributed by atoms with Gasteiger partial charge in [0.2, 0.25) is 0 Å². The summed E-state index contributed by atoms with van der Waals surface area (Å²) in [6, 6.07) is 13.9. The molecule has 0 bridgehead atoms. The zero-order valence-electron chi connectivity index (χ0n) is 15.0. The van der Waals surface area contributed by atoms with Crippen molar-refractivity contribution in [2.45, 2.75) is 27.3 Å². The third-order valence-electron chi connectivity index (χ3n) is 4.21. The Morgan fingerprint density at radius 1 is 1.17 bits per heavy atom. The lowest BCUT2D eigenvalue weighted by atomic mass is 10.1. The molecule has 24 heavy (non-hydrogen) atoms. The van der Waals surface area contributed by atoms with Crippen molar-refractivity contribution >= 4 is 11.6 Å². The summed E-state index contributed by atoms with van der Waals surface area (Å²) in [5, 5.41) is 2.95. The minimum Gasteiger partial charge on any atom is -0.497 e. The van der Waals surface area contributed by atoms with E-state index in [1.54, 1.807) is 7.11 Å². The number of carbonyl (C=O) groups excluding carboxylic acids is 1. The molecule has 0 radical (unpaired) electrons. The first-order valence-electron chi connectivity index (χ1n) is 8.35. The fourth-order valence-corrected chi connectivity index (χ4v) is 2.71. The molecule has 1 atom stereocenters. The third kappa shape index (κ3) is 5.10. The Labute approximate surface area is 144 Å². The standard InChI is InChI=1S/C20H26N2O2/c1-5-22(13-17-11-15(2)9-10-16(17)3)14-20(23)21-18-7-6-8-19(12-18)24-4/h6-12H,5,13-14H2,1-4H3,(H,21,23)/p+1. The summed E-state index contributed by atoms with van der Waals surface area (Å²) < 4.78 is 5.19. The fraction of sp³-hybridized carbons (Fsp3) is 0.350. The van der Waals surface area contributed by atoms with Crippen LogP contribution in [-0.2, 0) is 11.3 Å². The molecule has 0 aliphatic heterocycles. The van der Waals surface area contributed by atoms with Gasteiger partial charge in [-0.2, -0.15) is 0 Å². The second kappa shape index (κ2) is 8.50. The van der Waals surface area contributed by atoms with Crippen molar-refractivity contribution in [2.75, 3.05) is 25.5 Å². The number of hydrogen-bond donors (Lipinski definition) is 2. The maximum Gasteiger partial charge on any atom is 0.279 e. The number of methoxy groups -OCH3 is 1. The third-order valence-corrected chi connectivity index (χ3v) is 4.21. The van der Waals surface area contributed by atoms with Crippen molar-refractivity contribution in [1.82, 2.24) is 0 Å². The summed E-state index contributed by atoms with van der Waals surface area (Å²) in [7, 11) is 1.62. The molecule has 2 aromatic rings. The molecule has 0 spiro atoms. The molecular formula is C20H27N2O2+. The summed E-state index contributed by atoms with van der Waals surface area (Å²) in [6.07, 6.45) is 0. The van der Waals surface area contributed by atoms with Gasteiger partial charge in [0.25, 0.3) is 5.91 Å². The number of likely N-dealkylation sites (N-methyl/N-ethyl adjacent to an activating group) is 1. The quantitative estimate of drug-likeness (QED) is 0.820. The van der Waals surface area contributed by atoms with E-state index < -0.39 is 0 Å². The molecule has 128 valence electrons. The van der Waals surface area contributed by atoms with Crippen molar-refractivity contribution in [1.29, 1.82) is 0 Å². The molecule has 2 rings (SSSR count). The van der Waals surface area contributed by atoms with E-state index in [4.69, 9.17) is 4.74 Å². The molecule has 0 fully saturated rings. The topological polar surface area (TPSA) is 42.8 Å². The lowest BCUT2D eigenvalue weighted by molar-refractivity contribution is -0.903. The number of anilines is 1. The first-order chi connectivity index (χ1) is 11.5. The van der Waals surface area contributed by atoms with Gasteiger partial charge < -0.3 is 15.0 Å². The number of aryl methyl sites for hydroxylation is 2. The molecule has 1 unspecified atom stereocenters. The molecule has 4 nitrogen and oxygen atoms in total. The maximum absolute atomic E-state index is 12.4. The first-order valence-corrected chi connectivity index (χ1v) is 8.35. The van der Waals surface area contributed by atoms with E-state index in [2.05, 4.69) is 44.3 Å². The molecule has 0 heterocycles. The van der Waals surface area contributed by atoms with Gasteiger partial charge in [-0.25, -0.2) is 0 Å². The number of benzene rings is 2. The Kier molecular flexibility index (Phi) is 6.38. The number of quaternary nitrogens is 1. The van der Waals surface area contributed by atoms with Crippen molar-refractivity contribution < 1.29 is 14.4 Å². The van der Waals surface area contributed by atoms with E-state index >= 15 is 0 Å². The Hall–Kier alpha value is -2.33. The number of nitrogens with one attached hydrogen (secondary N) is 2. The second-order valence-electron chi connectivity index (χ2n) is 6.17. The molecule has 0 saturated carbocycles. The molecule has 0 aliphatic carbocycles. The molecule has 4 heteroatoms. The maximum atomic E-state index is 12.4. The average Bonchev–Trinajstić information content (AvgIpc) is 2.57. The van der Waals surface area contributed by atoms with Gasteiger partial charge in [0.1, 0.15) is 12.3 Å². The van der Waals surface area contributed by atoms with Crippen LogP contribution >= 0.6 is 0 Å². The lowest BCUT2D eigenvalue weighted by Crippen LogP contribution is -3.11. The Balaban J connectivity index is 1.98. The summed E-state index contributed by atoms with van der Waals surface area (Å²) in [6.45, 7) is 8.54. The van der Waals surface area contributed by atoms with Crippen molar-refractivity contribution in [3.05, 3.63) is 59.2 Å². The van der Waals surface area contributed by atoms with Gasteiger partial charge in [-0.05, 0) is 38.5 Å². The van der Waals surface area contributed by atoms with Crippen LogP contribution in [0.3, 0.4) is 0 Å². The van der Waals surface area contributed by atoms with Crippen LogP contribution in [0.15, 0.2) is 42.5 Å². The Morgan fingerprint density at radius 3 is 2.67 bits per heavy atom. The molecule has 0 saturated heterocycles. The van der Waals surface area contributed by atoms with Gasteiger partial charge in [0.05, 0.1) is 13.7 Å². The summed E-state index contributed by atoms with van der Waals surface area (Å²) in [4.78, 5) is 13.6. The van der Waals surface area contributed by atoms with Crippen molar-refractivity contribution in [3.8, 4) is 5.75 Å². The SMILES string of the molecule is CC[NH+](CC(=O)Nc1cccc(OC)c1)Cc1cc(C)ccc1C. The zero-order chi connectivity index (χ0) is 17.5. The zero-order valence-corrected chi connectivity index (χ0v) is 15.0. The first kappa shape index (κ1) is 18.0. The smallest absolute Gasteiger partial charge is 0.279 e. The fourth-order valence-electron chi connectivity index (χ4n) is 2.71. The largest absolute Gasteiger partial charge is 0.497 e. The average molecular weight is 327 g/mol. The highest BCUT2D eigenvalue weighted by atomic mass is 16.5. The van der Waals surface area contributed by atoms with Gasteiger partial charge in [0, 0.05) is 17.3 Å². The van der Waals surface area contributed by atoms with Crippen LogP contribution in [0.2, 0.25) is 0 Å². The van der Waals surface area contributed by atoms with Gasteiger partial charge in [-0.1, -0.05) is 29.8 Å². The van der Waals surface area contributed by atoms with E-state index in [0.717, 1.165) is 24.5 Å². The van der Waals surface area contributed by atoms with Gasteiger partial charge >= 0.3 is 0 Å². The number of rotatable bonds is 7. The van der Waals surface area contributed by atoms with Crippen LogP contribution in [-0.4, -0.2) is 26.1 Å².